The standard InChI is InChI=1S/C12H16FN3O2/c13-11-9(2-1-3-10(11)14)8-15-4-6-16(7-5-15)12(17)18/h1-3H,4-8,14H2,(H,17,18). The summed E-state index contributed by atoms with van der Waals surface area (Å²) in [6, 6.07) is 4.96. The number of benzene rings is 1. The minimum atomic E-state index is -0.898. The maximum atomic E-state index is 13.7. The van der Waals surface area contributed by atoms with E-state index < -0.39 is 6.09 Å². The Morgan fingerprint density at radius 3 is 2.61 bits per heavy atom. The van der Waals surface area contributed by atoms with Crippen molar-refractivity contribution in [1.82, 2.24) is 9.80 Å². The SMILES string of the molecule is Nc1cccc(CN2CCN(C(=O)O)CC2)c1F. The van der Waals surface area contributed by atoms with Gasteiger partial charge in [0.15, 0.2) is 5.82 Å². The van der Waals surface area contributed by atoms with Crippen molar-refractivity contribution in [1.29, 1.82) is 0 Å². The molecule has 1 fully saturated rings. The van der Waals surface area contributed by atoms with Crippen molar-refractivity contribution in [3.63, 3.8) is 0 Å². The van der Waals surface area contributed by atoms with Crippen molar-refractivity contribution in [3.05, 3.63) is 29.6 Å². The van der Waals surface area contributed by atoms with Crippen LogP contribution in [0.25, 0.3) is 0 Å². The van der Waals surface area contributed by atoms with Crippen LogP contribution in [0.4, 0.5) is 14.9 Å². The number of carbonyl (C=O) groups is 1. The molecule has 3 N–H and O–H groups in total. The number of anilines is 1. The van der Waals surface area contributed by atoms with E-state index in [0.29, 0.717) is 38.3 Å². The van der Waals surface area contributed by atoms with Gasteiger partial charge in [-0.3, -0.25) is 4.90 Å². The lowest BCUT2D eigenvalue weighted by molar-refractivity contribution is 0.102. The highest BCUT2D eigenvalue weighted by Gasteiger charge is 2.21. The molecule has 1 aliphatic heterocycles. The number of nitrogen functional groups attached to an aromatic ring is 1. The predicted octanol–water partition coefficient (Wildman–Crippen LogP) is 1.20. The number of rotatable bonds is 2. The molecular formula is C12H16FN3O2. The maximum absolute atomic E-state index is 13.7. The second-order valence-electron chi connectivity index (χ2n) is 4.37. The molecule has 0 bridgehead atoms. The zero-order valence-electron chi connectivity index (χ0n) is 9.97. The highest BCUT2D eigenvalue weighted by Crippen LogP contribution is 2.17. The van der Waals surface area contributed by atoms with Gasteiger partial charge in [-0.2, -0.15) is 0 Å². The number of nitrogens with zero attached hydrogens (tertiary/aromatic N) is 2. The average Bonchev–Trinajstić information content (AvgIpc) is 2.36. The van der Waals surface area contributed by atoms with E-state index in [0.717, 1.165) is 0 Å². The van der Waals surface area contributed by atoms with Crippen LogP contribution in [0, 0.1) is 5.82 Å². The van der Waals surface area contributed by atoms with Gasteiger partial charge in [0.05, 0.1) is 5.69 Å². The zero-order chi connectivity index (χ0) is 13.1. The summed E-state index contributed by atoms with van der Waals surface area (Å²) in [7, 11) is 0. The topological polar surface area (TPSA) is 69.8 Å². The van der Waals surface area contributed by atoms with Crippen LogP contribution in [0.1, 0.15) is 5.56 Å². The van der Waals surface area contributed by atoms with Gasteiger partial charge in [-0.25, -0.2) is 9.18 Å². The molecule has 0 aromatic heterocycles. The molecule has 2 rings (SSSR count). The summed E-state index contributed by atoms with van der Waals surface area (Å²) in [6.45, 7) is 2.60. The lowest BCUT2D eigenvalue weighted by atomic mass is 10.1. The van der Waals surface area contributed by atoms with Crippen LogP contribution >= 0.6 is 0 Å². The van der Waals surface area contributed by atoms with Crippen LogP contribution < -0.4 is 5.73 Å². The van der Waals surface area contributed by atoms with E-state index in [4.69, 9.17) is 10.8 Å². The molecule has 1 aromatic rings. The van der Waals surface area contributed by atoms with Gasteiger partial charge in [-0.1, -0.05) is 12.1 Å². The number of piperazine rings is 1. The molecule has 1 aliphatic rings. The summed E-state index contributed by atoms with van der Waals surface area (Å²) < 4.78 is 13.7. The van der Waals surface area contributed by atoms with Crippen molar-refractivity contribution >= 4 is 11.8 Å². The lowest BCUT2D eigenvalue weighted by Gasteiger charge is -2.33. The fourth-order valence-electron chi connectivity index (χ4n) is 2.06. The Bertz CT molecular complexity index is 445. The first-order chi connectivity index (χ1) is 8.58. The summed E-state index contributed by atoms with van der Waals surface area (Å²) in [5, 5.41) is 8.83. The highest BCUT2D eigenvalue weighted by molar-refractivity contribution is 5.65. The predicted molar refractivity (Wildman–Crippen MR) is 65.7 cm³/mol. The zero-order valence-corrected chi connectivity index (χ0v) is 9.97. The Kier molecular flexibility index (Phi) is 3.66. The van der Waals surface area contributed by atoms with Crippen LogP contribution in [0.2, 0.25) is 0 Å². The molecule has 1 saturated heterocycles. The second kappa shape index (κ2) is 5.22. The maximum Gasteiger partial charge on any atom is 0.407 e. The quantitative estimate of drug-likeness (QED) is 0.777. The third-order valence-corrected chi connectivity index (χ3v) is 3.15. The van der Waals surface area contributed by atoms with Crippen LogP contribution in [0.5, 0.6) is 0 Å². The second-order valence-corrected chi connectivity index (χ2v) is 4.37. The molecule has 98 valence electrons. The molecule has 0 radical (unpaired) electrons. The average molecular weight is 253 g/mol. The normalized spacial score (nSPS) is 16.8. The number of hydrogen-bond acceptors (Lipinski definition) is 3. The molecule has 1 aromatic carbocycles. The van der Waals surface area contributed by atoms with E-state index in [9.17, 15) is 9.18 Å². The van der Waals surface area contributed by atoms with Crippen molar-refractivity contribution in [3.8, 4) is 0 Å². The largest absolute Gasteiger partial charge is 0.465 e. The molecule has 0 atom stereocenters. The number of halogens is 1. The molecule has 1 heterocycles. The van der Waals surface area contributed by atoms with Gasteiger partial charge < -0.3 is 15.7 Å². The van der Waals surface area contributed by atoms with E-state index in [1.165, 1.54) is 11.0 Å². The molecule has 0 unspecified atom stereocenters. The molecular weight excluding hydrogens is 237 g/mol. The van der Waals surface area contributed by atoms with E-state index in [2.05, 4.69) is 0 Å². The Labute approximate surface area is 105 Å². The molecule has 1 amide bonds. The van der Waals surface area contributed by atoms with Crippen LogP contribution in [-0.4, -0.2) is 47.2 Å². The summed E-state index contributed by atoms with van der Waals surface area (Å²) in [5.74, 6) is -0.377. The van der Waals surface area contributed by atoms with Gasteiger partial charge in [0.1, 0.15) is 0 Å². The summed E-state index contributed by atoms with van der Waals surface area (Å²) in [6.07, 6.45) is -0.898. The fraction of sp³-hybridized carbons (Fsp3) is 0.417. The van der Waals surface area contributed by atoms with E-state index >= 15 is 0 Å². The van der Waals surface area contributed by atoms with Crippen LogP contribution in [-0.2, 0) is 6.54 Å². The van der Waals surface area contributed by atoms with E-state index in [-0.39, 0.29) is 11.5 Å². The molecule has 0 spiro atoms. The van der Waals surface area contributed by atoms with Crippen LogP contribution in [0.15, 0.2) is 18.2 Å². The molecule has 18 heavy (non-hydrogen) atoms. The first kappa shape index (κ1) is 12.6. The number of carboxylic acid groups (broad SMARTS) is 1. The van der Waals surface area contributed by atoms with Gasteiger partial charge >= 0.3 is 6.09 Å². The summed E-state index contributed by atoms with van der Waals surface area (Å²) in [4.78, 5) is 14.1. The Morgan fingerprint density at radius 1 is 1.33 bits per heavy atom. The van der Waals surface area contributed by atoms with Gasteiger partial charge in [0.2, 0.25) is 0 Å². The number of nitrogens with two attached hydrogens (primary N) is 1. The monoisotopic (exact) mass is 253 g/mol. The smallest absolute Gasteiger partial charge is 0.407 e. The van der Waals surface area contributed by atoms with Gasteiger partial charge in [-0.05, 0) is 6.07 Å². The van der Waals surface area contributed by atoms with Crippen molar-refractivity contribution < 1.29 is 14.3 Å². The Morgan fingerprint density at radius 2 is 2.00 bits per heavy atom. The van der Waals surface area contributed by atoms with Gasteiger partial charge in [0, 0.05) is 38.3 Å². The highest BCUT2D eigenvalue weighted by atomic mass is 19.1. The summed E-state index contributed by atoms with van der Waals surface area (Å²) >= 11 is 0. The van der Waals surface area contributed by atoms with Gasteiger partial charge in [-0.15, -0.1) is 0 Å². The van der Waals surface area contributed by atoms with E-state index in [1.54, 1.807) is 12.1 Å². The summed E-state index contributed by atoms with van der Waals surface area (Å²) in [5.41, 5.74) is 6.21. The third kappa shape index (κ3) is 2.70. The van der Waals surface area contributed by atoms with Crippen molar-refractivity contribution in [2.24, 2.45) is 0 Å². The first-order valence-electron chi connectivity index (χ1n) is 5.81. The minimum Gasteiger partial charge on any atom is -0.465 e. The lowest BCUT2D eigenvalue weighted by Crippen LogP contribution is -2.47. The number of amides is 1. The van der Waals surface area contributed by atoms with Crippen LogP contribution in [0.3, 0.4) is 0 Å². The Hall–Kier alpha value is -1.82. The van der Waals surface area contributed by atoms with Gasteiger partial charge in [0.25, 0.3) is 0 Å². The Balaban J connectivity index is 1.96. The minimum absolute atomic E-state index is 0.150. The van der Waals surface area contributed by atoms with Crippen molar-refractivity contribution in [2.75, 3.05) is 31.9 Å². The molecule has 0 aliphatic carbocycles. The molecule has 5 nitrogen and oxygen atoms in total. The molecule has 0 saturated carbocycles. The van der Waals surface area contributed by atoms with Crippen molar-refractivity contribution in [2.45, 2.75) is 6.54 Å². The molecule has 6 heteroatoms. The third-order valence-electron chi connectivity index (χ3n) is 3.15. The fourth-order valence-corrected chi connectivity index (χ4v) is 2.06. The number of hydrogen-bond donors (Lipinski definition) is 2. The van der Waals surface area contributed by atoms with E-state index in [1.807, 2.05) is 4.90 Å². The first-order valence-corrected chi connectivity index (χ1v) is 5.81.